The number of Topliss-reactive ketones (excluding diaryl/α,β-unsaturated/α-hetero) is 1. The van der Waals surface area contributed by atoms with Crippen LogP contribution in [0.25, 0.3) is 5.76 Å². The first kappa shape index (κ1) is 22.5. The summed E-state index contributed by atoms with van der Waals surface area (Å²) in [4.78, 5) is 28.3. The van der Waals surface area contributed by atoms with E-state index in [1.807, 2.05) is 32.0 Å². The number of benzene rings is 3. The molecule has 0 aliphatic carbocycles. The van der Waals surface area contributed by atoms with E-state index in [4.69, 9.17) is 14.2 Å². The van der Waals surface area contributed by atoms with Crippen LogP contribution in [0, 0.1) is 13.8 Å². The van der Waals surface area contributed by atoms with Gasteiger partial charge in [-0.3, -0.25) is 14.5 Å². The van der Waals surface area contributed by atoms with Crippen molar-refractivity contribution in [3.05, 3.63) is 88.5 Å². The van der Waals surface area contributed by atoms with E-state index in [2.05, 4.69) is 0 Å². The van der Waals surface area contributed by atoms with Crippen LogP contribution in [0.3, 0.4) is 0 Å². The Balaban J connectivity index is 1.75. The van der Waals surface area contributed by atoms with Gasteiger partial charge in [0.05, 0.1) is 18.7 Å². The summed E-state index contributed by atoms with van der Waals surface area (Å²) in [6.07, 6.45) is 0. The molecule has 0 spiro atoms. The Morgan fingerprint density at radius 1 is 0.971 bits per heavy atom. The Bertz CT molecular complexity index is 1380. The standard InChI is InChI=1S/C28H25NO6/c1-16-8-9-17(2)20(14-16)26(30)24-25(19-6-4-5-7-21(19)33-3)29(28(32)27(24)31)18-10-11-22-23(15-18)35-13-12-34-22/h4-11,14-15,25,30H,12-13H2,1-3H3/b26-24+. The molecule has 1 amide bonds. The minimum absolute atomic E-state index is 0.00286. The minimum atomic E-state index is -0.909. The number of aliphatic hydroxyl groups is 1. The minimum Gasteiger partial charge on any atom is -0.507 e. The average molecular weight is 472 g/mol. The molecule has 2 aliphatic heterocycles. The molecule has 3 aromatic rings. The third-order valence-corrected chi connectivity index (χ3v) is 6.33. The molecule has 2 heterocycles. The third kappa shape index (κ3) is 3.79. The molecule has 7 nitrogen and oxygen atoms in total. The second-order valence-electron chi connectivity index (χ2n) is 8.56. The van der Waals surface area contributed by atoms with Crippen LogP contribution >= 0.6 is 0 Å². The fourth-order valence-corrected chi connectivity index (χ4v) is 4.60. The number of hydrogen-bond acceptors (Lipinski definition) is 6. The quantitative estimate of drug-likeness (QED) is 0.337. The van der Waals surface area contributed by atoms with Gasteiger partial charge in [0, 0.05) is 22.9 Å². The van der Waals surface area contributed by atoms with Crippen molar-refractivity contribution in [1.29, 1.82) is 0 Å². The third-order valence-electron chi connectivity index (χ3n) is 6.33. The van der Waals surface area contributed by atoms with E-state index >= 15 is 0 Å². The van der Waals surface area contributed by atoms with Gasteiger partial charge in [0.15, 0.2) is 11.5 Å². The van der Waals surface area contributed by atoms with Gasteiger partial charge < -0.3 is 19.3 Å². The zero-order valence-electron chi connectivity index (χ0n) is 19.7. The van der Waals surface area contributed by atoms with E-state index in [0.717, 1.165) is 11.1 Å². The fraction of sp³-hybridized carbons (Fsp3) is 0.214. The van der Waals surface area contributed by atoms with Gasteiger partial charge >= 0.3 is 0 Å². The Kier molecular flexibility index (Phi) is 5.68. The Hall–Kier alpha value is -4.26. The molecule has 7 heteroatoms. The summed E-state index contributed by atoms with van der Waals surface area (Å²) in [6, 6.07) is 17.0. The number of amides is 1. The summed E-state index contributed by atoms with van der Waals surface area (Å²) in [5, 5.41) is 11.5. The van der Waals surface area contributed by atoms with Crippen molar-refractivity contribution in [3.8, 4) is 17.2 Å². The largest absolute Gasteiger partial charge is 0.507 e. The molecular formula is C28H25NO6. The van der Waals surface area contributed by atoms with Crippen molar-refractivity contribution >= 4 is 23.1 Å². The van der Waals surface area contributed by atoms with Gasteiger partial charge in [-0.05, 0) is 43.7 Å². The molecule has 0 radical (unpaired) electrons. The lowest BCUT2D eigenvalue weighted by Crippen LogP contribution is -2.30. The van der Waals surface area contributed by atoms with Gasteiger partial charge in [-0.25, -0.2) is 0 Å². The first-order valence-electron chi connectivity index (χ1n) is 11.3. The van der Waals surface area contributed by atoms with Gasteiger partial charge in [-0.1, -0.05) is 35.9 Å². The van der Waals surface area contributed by atoms with Crippen molar-refractivity contribution in [2.75, 3.05) is 25.2 Å². The molecule has 1 unspecified atom stereocenters. The highest BCUT2D eigenvalue weighted by molar-refractivity contribution is 6.51. The molecule has 0 aromatic heterocycles. The number of aryl methyl sites for hydroxylation is 2. The van der Waals surface area contributed by atoms with Crippen LogP contribution in [0.1, 0.15) is 28.3 Å². The van der Waals surface area contributed by atoms with E-state index in [9.17, 15) is 14.7 Å². The number of fused-ring (bicyclic) bond motifs is 1. The SMILES string of the molecule is COc1ccccc1C1/C(=C(\O)c2cc(C)ccc2C)C(=O)C(=O)N1c1ccc2c(c1)OCCO2. The van der Waals surface area contributed by atoms with E-state index in [0.29, 0.717) is 47.3 Å². The Labute approximate surface area is 203 Å². The van der Waals surface area contributed by atoms with Crippen LogP contribution in [0.5, 0.6) is 17.2 Å². The summed E-state index contributed by atoms with van der Waals surface area (Å²) in [5.41, 5.74) is 3.25. The number of para-hydroxylation sites is 1. The lowest BCUT2D eigenvalue weighted by atomic mass is 9.92. The van der Waals surface area contributed by atoms with Crippen molar-refractivity contribution in [3.63, 3.8) is 0 Å². The number of carbonyl (C=O) groups is 2. The molecule has 0 saturated carbocycles. The van der Waals surface area contributed by atoms with E-state index in [1.165, 1.54) is 12.0 Å². The molecule has 1 atom stereocenters. The van der Waals surface area contributed by atoms with Crippen LogP contribution in [-0.2, 0) is 9.59 Å². The van der Waals surface area contributed by atoms with Crippen molar-refractivity contribution in [2.24, 2.45) is 0 Å². The first-order valence-corrected chi connectivity index (χ1v) is 11.3. The van der Waals surface area contributed by atoms with E-state index in [1.54, 1.807) is 42.5 Å². The smallest absolute Gasteiger partial charge is 0.300 e. The van der Waals surface area contributed by atoms with Gasteiger partial charge in [-0.2, -0.15) is 0 Å². The molecular weight excluding hydrogens is 446 g/mol. The summed E-state index contributed by atoms with van der Waals surface area (Å²) < 4.78 is 16.9. The highest BCUT2D eigenvalue weighted by atomic mass is 16.6. The number of anilines is 1. The number of ether oxygens (including phenoxy) is 3. The molecule has 35 heavy (non-hydrogen) atoms. The lowest BCUT2D eigenvalue weighted by molar-refractivity contribution is -0.132. The van der Waals surface area contributed by atoms with Gasteiger partial charge in [-0.15, -0.1) is 0 Å². The number of hydrogen-bond donors (Lipinski definition) is 1. The lowest BCUT2D eigenvalue weighted by Gasteiger charge is -2.28. The predicted molar refractivity (Wildman–Crippen MR) is 131 cm³/mol. The van der Waals surface area contributed by atoms with Crippen LogP contribution < -0.4 is 19.1 Å². The molecule has 2 aliphatic rings. The van der Waals surface area contributed by atoms with Crippen LogP contribution in [0.4, 0.5) is 5.69 Å². The maximum Gasteiger partial charge on any atom is 0.300 e. The number of ketones is 1. The van der Waals surface area contributed by atoms with E-state index < -0.39 is 17.7 Å². The van der Waals surface area contributed by atoms with E-state index in [-0.39, 0.29) is 11.3 Å². The molecule has 1 N–H and O–H groups in total. The van der Waals surface area contributed by atoms with Crippen LogP contribution in [0.2, 0.25) is 0 Å². The predicted octanol–water partition coefficient (Wildman–Crippen LogP) is 4.71. The van der Waals surface area contributed by atoms with Gasteiger partial charge in [0.1, 0.15) is 24.7 Å². The molecule has 5 rings (SSSR count). The number of rotatable bonds is 4. The summed E-state index contributed by atoms with van der Waals surface area (Å²) >= 11 is 0. The van der Waals surface area contributed by atoms with Crippen LogP contribution in [0.15, 0.2) is 66.2 Å². The maximum absolute atomic E-state index is 13.5. The highest BCUT2D eigenvalue weighted by Gasteiger charge is 2.48. The number of nitrogens with zero attached hydrogens (tertiary/aromatic N) is 1. The molecule has 1 saturated heterocycles. The van der Waals surface area contributed by atoms with Gasteiger partial charge in [0.2, 0.25) is 0 Å². The monoisotopic (exact) mass is 471 g/mol. The Morgan fingerprint density at radius 3 is 2.49 bits per heavy atom. The molecule has 0 bridgehead atoms. The van der Waals surface area contributed by atoms with Crippen molar-refractivity contribution < 1.29 is 28.9 Å². The zero-order valence-corrected chi connectivity index (χ0v) is 19.7. The fourth-order valence-electron chi connectivity index (χ4n) is 4.60. The van der Waals surface area contributed by atoms with Crippen molar-refractivity contribution in [1.82, 2.24) is 0 Å². The molecule has 3 aromatic carbocycles. The molecule has 178 valence electrons. The number of methoxy groups -OCH3 is 1. The normalized spacial score (nSPS) is 18.6. The topological polar surface area (TPSA) is 85.3 Å². The van der Waals surface area contributed by atoms with Crippen LogP contribution in [-0.4, -0.2) is 37.1 Å². The Morgan fingerprint density at radius 2 is 1.71 bits per heavy atom. The number of carbonyl (C=O) groups excluding carboxylic acids is 2. The molecule has 1 fully saturated rings. The summed E-state index contributed by atoms with van der Waals surface area (Å²) in [5.74, 6) is -0.183. The van der Waals surface area contributed by atoms with Crippen molar-refractivity contribution in [2.45, 2.75) is 19.9 Å². The summed E-state index contributed by atoms with van der Waals surface area (Å²) in [7, 11) is 1.53. The average Bonchev–Trinajstić information content (AvgIpc) is 3.14. The second-order valence-corrected chi connectivity index (χ2v) is 8.56. The second kappa shape index (κ2) is 8.83. The first-order chi connectivity index (χ1) is 16.9. The highest BCUT2D eigenvalue weighted by Crippen LogP contribution is 2.46. The number of aliphatic hydroxyl groups excluding tert-OH is 1. The zero-order chi connectivity index (χ0) is 24.7. The summed E-state index contributed by atoms with van der Waals surface area (Å²) in [6.45, 7) is 4.58. The maximum atomic E-state index is 13.5. The van der Waals surface area contributed by atoms with Gasteiger partial charge in [0.25, 0.3) is 11.7 Å².